The van der Waals surface area contributed by atoms with Gasteiger partial charge in [0.1, 0.15) is 23.6 Å². The van der Waals surface area contributed by atoms with Gasteiger partial charge in [-0.3, -0.25) is 23.9 Å². The van der Waals surface area contributed by atoms with E-state index in [1.807, 2.05) is 0 Å². The number of benzene rings is 1. The van der Waals surface area contributed by atoms with Gasteiger partial charge in [0.2, 0.25) is 11.8 Å². The van der Waals surface area contributed by atoms with Crippen molar-refractivity contribution in [3.63, 3.8) is 0 Å². The zero-order valence-corrected chi connectivity index (χ0v) is 28.4. The number of aromatic nitrogens is 2. The Morgan fingerprint density at radius 1 is 0.980 bits per heavy atom. The smallest absolute Gasteiger partial charge is 0.270 e. The maximum Gasteiger partial charge on any atom is 0.270 e. The number of morpholine rings is 1. The third-order valence-electron chi connectivity index (χ3n) is 10.9. The van der Waals surface area contributed by atoms with Gasteiger partial charge in [0.05, 0.1) is 24.9 Å². The maximum atomic E-state index is 15.7. The number of carbonyl (C=O) groups is 4. The van der Waals surface area contributed by atoms with Gasteiger partial charge in [-0.1, -0.05) is 45.6 Å². The van der Waals surface area contributed by atoms with Gasteiger partial charge in [-0.2, -0.15) is 5.10 Å². The number of hydrogen-bond acceptors (Lipinski definition) is 6. The molecule has 6 rings (SSSR count). The lowest BCUT2D eigenvalue weighted by atomic mass is 9.79. The lowest BCUT2D eigenvalue weighted by Gasteiger charge is -2.33. The number of carbonyl (C=O) groups excluding carboxylic acids is 4. The molecule has 1 aromatic carbocycles. The first-order valence-electron chi connectivity index (χ1n) is 17.8. The number of nitrogens with zero attached hydrogens (tertiary/aromatic N) is 3. The van der Waals surface area contributed by atoms with Gasteiger partial charge in [-0.15, -0.1) is 0 Å². The van der Waals surface area contributed by atoms with Crippen molar-refractivity contribution < 1.29 is 32.7 Å². The standard InChI is InChI=1S/C36H48F2N6O5/c1-22-7-9-24(10-8-22)31(41-32(45)29-13-16-39-44(29)26-5-3-4-6-26)33(46)40-28-12-11-25(21-27(28)37)23(2)30(42-35(48)36(38)14-15-36)34(47)43-17-19-49-20-18-43/h11-13,16,21-24,26,30-31H,3-10,14-15,17-20H2,1-2H3,(H,40,46)(H,41,45)(H,42,48)/t22-,23-,24-,30+,31-/m0/s1. The second-order valence-corrected chi connectivity index (χ2v) is 14.4. The minimum Gasteiger partial charge on any atom is -0.378 e. The van der Waals surface area contributed by atoms with E-state index in [1.54, 1.807) is 34.8 Å². The van der Waals surface area contributed by atoms with E-state index in [9.17, 15) is 23.6 Å². The molecule has 3 saturated carbocycles. The molecule has 3 N–H and O–H groups in total. The molecule has 4 amide bonds. The van der Waals surface area contributed by atoms with Crippen LogP contribution >= 0.6 is 0 Å². The van der Waals surface area contributed by atoms with Crippen molar-refractivity contribution in [2.75, 3.05) is 31.6 Å². The first-order valence-corrected chi connectivity index (χ1v) is 17.8. The summed E-state index contributed by atoms with van der Waals surface area (Å²) in [5.41, 5.74) is -1.24. The van der Waals surface area contributed by atoms with Crippen molar-refractivity contribution in [2.45, 2.75) is 108 Å². The highest BCUT2D eigenvalue weighted by Crippen LogP contribution is 2.40. The number of rotatable bonds is 11. The van der Waals surface area contributed by atoms with Crippen LogP contribution in [0.25, 0.3) is 0 Å². The van der Waals surface area contributed by atoms with Crippen LogP contribution in [0.4, 0.5) is 14.5 Å². The van der Waals surface area contributed by atoms with Crippen molar-refractivity contribution in [3.8, 4) is 0 Å². The minimum atomic E-state index is -1.99. The van der Waals surface area contributed by atoms with Crippen molar-refractivity contribution in [1.29, 1.82) is 0 Å². The summed E-state index contributed by atoms with van der Waals surface area (Å²) in [5, 5.41) is 12.7. The number of alkyl halides is 1. The number of anilines is 1. The molecular formula is C36H48F2N6O5. The Kier molecular flexibility index (Phi) is 10.7. The molecule has 2 aromatic rings. The monoisotopic (exact) mass is 682 g/mol. The highest BCUT2D eigenvalue weighted by molar-refractivity contribution is 6.01. The van der Waals surface area contributed by atoms with E-state index in [1.165, 1.54) is 12.1 Å². The van der Waals surface area contributed by atoms with Gasteiger partial charge in [0.25, 0.3) is 11.8 Å². The average molecular weight is 683 g/mol. The van der Waals surface area contributed by atoms with E-state index in [0.29, 0.717) is 43.5 Å². The highest BCUT2D eigenvalue weighted by atomic mass is 19.1. The second-order valence-electron chi connectivity index (χ2n) is 14.4. The maximum absolute atomic E-state index is 15.7. The SMILES string of the molecule is C[C@@H](c1ccc(NC(=O)[C@@H](NC(=O)c2ccnn2C2CCCC2)[C@H]2CC[C@H](C)CC2)c(F)c1)[C@@H](NC(=O)C1(F)CC1)C(=O)N1CCOCC1. The molecule has 0 radical (unpaired) electrons. The van der Waals surface area contributed by atoms with E-state index in [0.717, 1.165) is 51.4 Å². The van der Waals surface area contributed by atoms with Gasteiger partial charge in [-0.05, 0) is 74.1 Å². The van der Waals surface area contributed by atoms with Crippen LogP contribution in [0.5, 0.6) is 0 Å². The summed E-state index contributed by atoms with van der Waals surface area (Å²) in [4.78, 5) is 55.3. The van der Waals surface area contributed by atoms with Crippen molar-refractivity contribution in [2.24, 2.45) is 11.8 Å². The summed E-state index contributed by atoms with van der Waals surface area (Å²) in [5.74, 6) is -3.15. The molecule has 3 atom stereocenters. The highest BCUT2D eigenvalue weighted by Gasteiger charge is 2.52. The predicted molar refractivity (Wildman–Crippen MR) is 178 cm³/mol. The number of halogens is 2. The molecule has 1 saturated heterocycles. The number of amides is 4. The molecular weight excluding hydrogens is 634 g/mol. The molecule has 13 heteroatoms. The van der Waals surface area contributed by atoms with E-state index >= 15 is 4.39 Å². The first-order chi connectivity index (χ1) is 23.5. The van der Waals surface area contributed by atoms with E-state index in [2.05, 4.69) is 28.0 Å². The fraction of sp³-hybridized carbons (Fsp3) is 0.639. The normalized spacial score (nSPS) is 24.0. The third kappa shape index (κ3) is 7.97. The molecule has 4 aliphatic rings. The van der Waals surface area contributed by atoms with Crippen LogP contribution in [-0.2, 0) is 19.1 Å². The molecule has 0 spiro atoms. The Morgan fingerprint density at radius 3 is 2.33 bits per heavy atom. The van der Waals surface area contributed by atoms with Gasteiger partial charge < -0.3 is 25.6 Å². The third-order valence-corrected chi connectivity index (χ3v) is 10.9. The van der Waals surface area contributed by atoms with Gasteiger partial charge >= 0.3 is 0 Å². The van der Waals surface area contributed by atoms with E-state index in [4.69, 9.17) is 4.74 Å². The summed E-state index contributed by atoms with van der Waals surface area (Å²) in [7, 11) is 0. The lowest BCUT2D eigenvalue weighted by Crippen LogP contribution is -2.55. The Balaban J connectivity index is 1.18. The topological polar surface area (TPSA) is 135 Å². The molecule has 0 unspecified atom stereocenters. The van der Waals surface area contributed by atoms with Crippen LogP contribution in [-0.4, -0.2) is 82.4 Å². The molecule has 1 aromatic heterocycles. The summed E-state index contributed by atoms with van der Waals surface area (Å²) < 4.78 is 37.5. The Labute approximate surface area is 285 Å². The number of ether oxygens (including phenoxy) is 1. The van der Waals surface area contributed by atoms with Crippen molar-refractivity contribution in [3.05, 3.63) is 47.5 Å². The zero-order chi connectivity index (χ0) is 34.7. The van der Waals surface area contributed by atoms with Crippen molar-refractivity contribution in [1.82, 2.24) is 25.3 Å². The van der Waals surface area contributed by atoms with E-state index in [-0.39, 0.29) is 42.3 Å². The quantitative estimate of drug-likeness (QED) is 0.316. The second kappa shape index (κ2) is 14.9. The zero-order valence-electron chi connectivity index (χ0n) is 28.4. The molecule has 266 valence electrons. The number of hydrogen-bond donors (Lipinski definition) is 3. The molecule has 3 aliphatic carbocycles. The van der Waals surface area contributed by atoms with Crippen LogP contribution < -0.4 is 16.0 Å². The summed E-state index contributed by atoms with van der Waals surface area (Å²) in [6.07, 6.45) is 9.22. The Hall–Kier alpha value is -3.87. The Bertz CT molecular complexity index is 1530. The molecule has 1 aliphatic heterocycles. The van der Waals surface area contributed by atoms with Crippen LogP contribution in [0.1, 0.15) is 106 Å². The average Bonchev–Trinajstić information content (AvgIpc) is 3.44. The molecule has 2 heterocycles. The summed E-state index contributed by atoms with van der Waals surface area (Å²) in [6, 6.07) is 4.06. The molecule has 0 bridgehead atoms. The summed E-state index contributed by atoms with van der Waals surface area (Å²) >= 11 is 0. The fourth-order valence-corrected chi connectivity index (χ4v) is 7.47. The van der Waals surface area contributed by atoms with E-state index < -0.39 is 41.3 Å². The molecule has 49 heavy (non-hydrogen) atoms. The Morgan fingerprint density at radius 2 is 1.67 bits per heavy atom. The largest absolute Gasteiger partial charge is 0.378 e. The van der Waals surface area contributed by atoms with Gasteiger partial charge in [-0.25, -0.2) is 8.78 Å². The van der Waals surface area contributed by atoms with Crippen LogP contribution in [0.15, 0.2) is 30.5 Å². The lowest BCUT2D eigenvalue weighted by molar-refractivity contribution is -0.141. The van der Waals surface area contributed by atoms with Gasteiger partial charge in [0.15, 0.2) is 5.67 Å². The van der Waals surface area contributed by atoms with Crippen LogP contribution in [0, 0.1) is 17.7 Å². The minimum absolute atomic E-state index is 0.0684. The summed E-state index contributed by atoms with van der Waals surface area (Å²) in [6.45, 7) is 5.22. The molecule has 11 nitrogen and oxygen atoms in total. The molecule has 4 fully saturated rings. The number of nitrogens with one attached hydrogen (secondary N) is 3. The first kappa shape index (κ1) is 35.0. The fourth-order valence-electron chi connectivity index (χ4n) is 7.47. The van der Waals surface area contributed by atoms with Crippen molar-refractivity contribution >= 4 is 29.3 Å². The van der Waals surface area contributed by atoms with Crippen LogP contribution in [0.2, 0.25) is 0 Å². The van der Waals surface area contributed by atoms with Crippen LogP contribution in [0.3, 0.4) is 0 Å². The predicted octanol–water partition coefficient (Wildman–Crippen LogP) is 4.65. The van der Waals surface area contributed by atoms with Gasteiger partial charge in [0, 0.05) is 25.2 Å².